The second-order valence-electron chi connectivity index (χ2n) is 5.94. The lowest BCUT2D eigenvalue weighted by atomic mass is 9.81. The number of rotatable bonds is 7. The van der Waals surface area contributed by atoms with Crippen LogP contribution in [0.3, 0.4) is 0 Å². The van der Waals surface area contributed by atoms with Crippen molar-refractivity contribution in [2.45, 2.75) is 45.6 Å². The molecule has 5 heteroatoms. The first-order chi connectivity index (χ1) is 10.5. The number of amides is 2. The Kier molecular flexibility index (Phi) is 5.31. The van der Waals surface area contributed by atoms with Gasteiger partial charge in [0.1, 0.15) is 5.71 Å². The molecule has 0 heterocycles. The van der Waals surface area contributed by atoms with E-state index in [9.17, 15) is 9.59 Å². The van der Waals surface area contributed by atoms with E-state index in [2.05, 4.69) is 4.99 Å². The van der Waals surface area contributed by atoms with E-state index in [0.29, 0.717) is 17.3 Å². The number of aliphatic imine (C=N–C) groups is 1. The van der Waals surface area contributed by atoms with Gasteiger partial charge in [0.05, 0.1) is 11.4 Å². The van der Waals surface area contributed by atoms with Gasteiger partial charge < -0.3 is 10.6 Å². The molecule has 22 heavy (non-hydrogen) atoms. The van der Waals surface area contributed by atoms with Crippen molar-refractivity contribution < 1.29 is 9.59 Å². The summed E-state index contributed by atoms with van der Waals surface area (Å²) in [5, 5.41) is 0. The smallest absolute Gasteiger partial charge is 0.262 e. The van der Waals surface area contributed by atoms with Gasteiger partial charge in [0.15, 0.2) is 0 Å². The first-order valence-corrected chi connectivity index (χ1v) is 7.70. The Labute approximate surface area is 131 Å². The maximum absolute atomic E-state index is 11.6. The summed E-state index contributed by atoms with van der Waals surface area (Å²) in [4.78, 5) is 28.7. The molecule has 0 unspecified atom stereocenters. The zero-order valence-electron chi connectivity index (χ0n) is 13.2. The van der Waals surface area contributed by atoms with Crippen LogP contribution in [0.2, 0.25) is 0 Å². The Morgan fingerprint density at radius 2 is 2.14 bits per heavy atom. The van der Waals surface area contributed by atoms with Crippen LogP contribution in [-0.2, 0) is 9.59 Å². The maximum Gasteiger partial charge on any atom is 0.262 e. The molecular weight excluding hydrogens is 278 g/mol. The third-order valence-electron chi connectivity index (χ3n) is 4.29. The average molecular weight is 301 g/mol. The van der Waals surface area contributed by atoms with Crippen LogP contribution in [0.4, 0.5) is 11.4 Å². The lowest BCUT2D eigenvalue weighted by Gasteiger charge is -2.33. The van der Waals surface area contributed by atoms with Gasteiger partial charge in [0.2, 0.25) is 6.41 Å². The van der Waals surface area contributed by atoms with Crippen LogP contribution in [0.15, 0.2) is 29.3 Å². The molecule has 2 rings (SSSR count). The number of carbonyl (C=O) groups excluding carboxylic acids is 2. The Bertz CT molecular complexity index is 579. The Morgan fingerprint density at radius 3 is 2.68 bits per heavy atom. The fourth-order valence-corrected chi connectivity index (χ4v) is 2.74. The number of nitrogens with two attached hydrogens (primary N) is 1. The zero-order chi connectivity index (χ0) is 16.1. The van der Waals surface area contributed by atoms with Crippen molar-refractivity contribution >= 4 is 29.4 Å². The van der Waals surface area contributed by atoms with Crippen LogP contribution in [0.5, 0.6) is 0 Å². The van der Waals surface area contributed by atoms with Crippen molar-refractivity contribution in [3.8, 4) is 0 Å². The van der Waals surface area contributed by atoms with Gasteiger partial charge in [0, 0.05) is 6.04 Å². The highest BCUT2D eigenvalue weighted by Gasteiger charge is 2.24. The Hall–Kier alpha value is -2.17. The summed E-state index contributed by atoms with van der Waals surface area (Å²) in [5.74, 6) is 0.149. The molecule has 1 aliphatic rings. The summed E-state index contributed by atoms with van der Waals surface area (Å²) in [6.07, 6.45) is 5.62. The SMILES string of the molecule is CC(=Nc1ccccc1N(C=O)[C@@H](C)CC1CCC1)C(N)=O. The van der Waals surface area contributed by atoms with Crippen molar-refractivity contribution in [2.75, 3.05) is 4.90 Å². The molecule has 2 N–H and O–H groups in total. The van der Waals surface area contributed by atoms with Crippen LogP contribution in [0, 0.1) is 5.92 Å². The number of primary amides is 1. The van der Waals surface area contributed by atoms with Crippen molar-refractivity contribution in [2.24, 2.45) is 16.6 Å². The quantitative estimate of drug-likeness (QED) is 0.621. The van der Waals surface area contributed by atoms with E-state index in [1.807, 2.05) is 25.1 Å². The van der Waals surface area contributed by atoms with Crippen LogP contribution in [0.25, 0.3) is 0 Å². The number of nitrogens with zero attached hydrogens (tertiary/aromatic N) is 2. The van der Waals surface area contributed by atoms with E-state index in [-0.39, 0.29) is 11.8 Å². The van der Waals surface area contributed by atoms with Gasteiger partial charge in [-0.25, -0.2) is 4.99 Å². The second-order valence-corrected chi connectivity index (χ2v) is 5.94. The molecule has 0 spiro atoms. The Balaban J connectivity index is 2.26. The highest BCUT2D eigenvalue weighted by molar-refractivity contribution is 6.37. The monoisotopic (exact) mass is 301 g/mol. The van der Waals surface area contributed by atoms with Gasteiger partial charge >= 0.3 is 0 Å². The molecule has 0 radical (unpaired) electrons. The molecule has 0 bridgehead atoms. The number of para-hydroxylation sites is 2. The highest BCUT2D eigenvalue weighted by Crippen LogP contribution is 2.34. The molecule has 1 aromatic rings. The lowest BCUT2D eigenvalue weighted by molar-refractivity contribution is -0.112. The summed E-state index contributed by atoms with van der Waals surface area (Å²) in [7, 11) is 0. The standard InChI is InChI=1S/C17H23N3O2/c1-12(10-14-6-5-7-14)20(11-21)16-9-4-3-8-15(16)19-13(2)17(18)22/h3-4,8-9,11-12,14H,5-7,10H2,1-2H3,(H2,18,22)/t12-/m0/s1. The fourth-order valence-electron chi connectivity index (χ4n) is 2.74. The van der Waals surface area contributed by atoms with Crippen LogP contribution >= 0.6 is 0 Å². The van der Waals surface area contributed by atoms with E-state index in [1.165, 1.54) is 19.3 Å². The summed E-state index contributed by atoms with van der Waals surface area (Å²) in [6.45, 7) is 3.62. The minimum atomic E-state index is -0.560. The highest BCUT2D eigenvalue weighted by atomic mass is 16.1. The molecule has 1 aromatic carbocycles. The molecule has 0 saturated heterocycles. The van der Waals surface area contributed by atoms with E-state index in [1.54, 1.807) is 17.9 Å². The number of hydrogen-bond donors (Lipinski definition) is 1. The predicted molar refractivity (Wildman–Crippen MR) is 88.4 cm³/mol. The third kappa shape index (κ3) is 3.72. The van der Waals surface area contributed by atoms with Gasteiger partial charge in [-0.2, -0.15) is 0 Å². The molecule has 118 valence electrons. The average Bonchev–Trinajstić information content (AvgIpc) is 2.45. The predicted octanol–water partition coefficient (Wildman–Crippen LogP) is 2.81. The molecule has 1 aliphatic carbocycles. The van der Waals surface area contributed by atoms with E-state index >= 15 is 0 Å². The minimum absolute atomic E-state index is 0.105. The summed E-state index contributed by atoms with van der Waals surface area (Å²) >= 11 is 0. The number of anilines is 1. The molecule has 1 saturated carbocycles. The lowest BCUT2D eigenvalue weighted by Crippen LogP contribution is -2.34. The van der Waals surface area contributed by atoms with Crippen molar-refractivity contribution in [3.63, 3.8) is 0 Å². The van der Waals surface area contributed by atoms with Crippen LogP contribution in [0.1, 0.15) is 39.5 Å². The van der Waals surface area contributed by atoms with Crippen molar-refractivity contribution in [1.82, 2.24) is 0 Å². The zero-order valence-corrected chi connectivity index (χ0v) is 13.2. The van der Waals surface area contributed by atoms with Crippen LogP contribution in [-0.4, -0.2) is 24.1 Å². The van der Waals surface area contributed by atoms with Gasteiger partial charge in [-0.05, 0) is 38.3 Å². The first kappa shape index (κ1) is 16.2. The van der Waals surface area contributed by atoms with E-state index < -0.39 is 5.91 Å². The normalized spacial score (nSPS) is 16.7. The maximum atomic E-state index is 11.6. The molecular formula is C17H23N3O2. The molecule has 0 aromatic heterocycles. The Morgan fingerprint density at radius 1 is 1.45 bits per heavy atom. The van der Waals surface area contributed by atoms with Gasteiger partial charge in [0.25, 0.3) is 5.91 Å². The molecule has 5 nitrogen and oxygen atoms in total. The van der Waals surface area contributed by atoms with E-state index in [4.69, 9.17) is 5.73 Å². The van der Waals surface area contributed by atoms with Gasteiger partial charge in [-0.1, -0.05) is 31.4 Å². The van der Waals surface area contributed by atoms with Gasteiger partial charge in [-0.3, -0.25) is 9.59 Å². The fraction of sp³-hybridized carbons (Fsp3) is 0.471. The molecule has 2 amide bonds. The summed E-state index contributed by atoms with van der Waals surface area (Å²) < 4.78 is 0. The largest absolute Gasteiger partial charge is 0.365 e. The van der Waals surface area contributed by atoms with Gasteiger partial charge in [-0.15, -0.1) is 0 Å². The second kappa shape index (κ2) is 7.20. The summed E-state index contributed by atoms with van der Waals surface area (Å²) in [6, 6.07) is 7.43. The number of hydrogen-bond acceptors (Lipinski definition) is 3. The van der Waals surface area contributed by atoms with Crippen molar-refractivity contribution in [1.29, 1.82) is 0 Å². The molecule has 1 fully saturated rings. The molecule has 0 aliphatic heterocycles. The first-order valence-electron chi connectivity index (χ1n) is 7.70. The van der Waals surface area contributed by atoms with Crippen LogP contribution < -0.4 is 10.6 Å². The minimum Gasteiger partial charge on any atom is -0.365 e. The molecule has 1 atom stereocenters. The van der Waals surface area contributed by atoms with Crippen molar-refractivity contribution in [3.05, 3.63) is 24.3 Å². The number of carbonyl (C=O) groups is 2. The van der Waals surface area contributed by atoms with E-state index in [0.717, 1.165) is 12.8 Å². The number of benzene rings is 1. The third-order valence-corrected chi connectivity index (χ3v) is 4.29. The topological polar surface area (TPSA) is 75.8 Å². The summed E-state index contributed by atoms with van der Waals surface area (Å²) in [5.41, 5.74) is 6.77.